The van der Waals surface area contributed by atoms with Gasteiger partial charge in [0.2, 0.25) is 0 Å². The van der Waals surface area contributed by atoms with Gasteiger partial charge in [0.05, 0.1) is 0 Å². The minimum Gasteiger partial charge on any atom is -0.486 e. The lowest BCUT2D eigenvalue weighted by atomic mass is 9.88. The maximum atomic E-state index is 12.7. The van der Waals surface area contributed by atoms with Crippen molar-refractivity contribution in [3.63, 3.8) is 0 Å². The molecular weight excluding hydrogens is 310 g/mol. The number of urea groups is 1. The van der Waals surface area contributed by atoms with Gasteiger partial charge in [-0.25, -0.2) is 4.79 Å². The van der Waals surface area contributed by atoms with Gasteiger partial charge in [-0.15, -0.1) is 0 Å². The molecule has 0 bridgehead atoms. The van der Waals surface area contributed by atoms with Gasteiger partial charge in [0, 0.05) is 13.0 Å². The van der Waals surface area contributed by atoms with Crippen molar-refractivity contribution >= 4 is 11.9 Å². The van der Waals surface area contributed by atoms with Gasteiger partial charge in [0.15, 0.2) is 11.5 Å². The predicted octanol–water partition coefficient (Wildman–Crippen LogP) is 0.890. The van der Waals surface area contributed by atoms with Crippen molar-refractivity contribution in [2.45, 2.75) is 30.9 Å². The molecule has 2 N–H and O–H groups in total. The zero-order valence-electron chi connectivity index (χ0n) is 13.4. The molecule has 128 valence electrons. The van der Waals surface area contributed by atoms with Crippen LogP contribution in [0.4, 0.5) is 4.79 Å². The molecule has 1 spiro atoms. The second-order valence-electron chi connectivity index (χ2n) is 6.51. The molecule has 3 aliphatic heterocycles. The number of hydrogen-bond donors (Lipinski definition) is 2. The quantitative estimate of drug-likeness (QED) is 0.804. The topological polar surface area (TPSA) is 79.9 Å². The SMILES string of the molecule is O=C1NC2(CCNCC2)C(=O)N1CC[C@H]1COc2ccccc2O1. The fraction of sp³-hybridized carbons (Fsp3) is 0.529. The minimum absolute atomic E-state index is 0.105. The van der Waals surface area contributed by atoms with E-state index in [1.54, 1.807) is 0 Å². The van der Waals surface area contributed by atoms with Gasteiger partial charge in [0.1, 0.15) is 18.2 Å². The van der Waals surface area contributed by atoms with Gasteiger partial charge >= 0.3 is 6.03 Å². The number of para-hydroxylation sites is 2. The Morgan fingerprint density at radius 1 is 1.17 bits per heavy atom. The van der Waals surface area contributed by atoms with Gasteiger partial charge in [-0.1, -0.05) is 12.1 Å². The summed E-state index contributed by atoms with van der Waals surface area (Å²) in [5.74, 6) is 1.34. The van der Waals surface area contributed by atoms with Crippen LogP contribution in [0.15, 0.2) is 24.3 Å². The number of carbonyl (C=O) groups excluding carboxylic acids is 2. The van der Waals surface area contributed by atoms with Gasteiger partial charge in [0.25, 0.3) is 5.91 Å². The highest BCUT2D eigenvalue weighted by atomic mass is 16.6. The highest BCUT2D eigenvalue weighted by molar-refractivity contribution is 6.07. The Morgan fingerprint density at radius 3 is 2.71 bits per heavy atom. The van der Waals surface area contributed by atoms with Crippen molar-refractivity contribution in [1.82, 2.24) is 15.5 Å². The lowest BCUT2D eigenvalue weighted by Crippen LogP contribution is -2.54. The molecule has 1 aromatic carbocycles. The number of nitrogens with one attached hydrogen (secondary N) is 2. The molecule has 24 heavy (non-hydrogen) atoms. The molecule has 3 amide bonds. The Morgan fingerprint density at radius 2 is 1.92 bits per heavy atom. The van der Waals surface area contributed by atoms with Crippen molar-refractivity contribution in [3.05, 3.63) is 24.3 Å². The van der Waals surface area contributed by atoms with Crippen LogP contribution >= 0.6 is 0 Å². The van der Waals surface area contributed by atoms with Crippen LogP contribution in [-0.2, 0) is 4.79 Å². The van der Waals surface area contributed by atoms with Crippen LogP contribution in [0.1, 0.15) is 19.3 Å². The van der Waals surface area contributed by atoms with E-state index in [4.69, 9.17) is 9.47 Å². The number of carbonyl (C=O) groups is 2. The monoisotopic (exact) mass is 331 g/mol. The molecule has 7 heteroatoms. The third-order valence-corrected chi connectivity index (χ3v) is 4.95. The molecule has 2 fully saturated rings. The highest BCUT2D eigenvalue weighted by Crippen LogP contribution is 2.32. The zero-order valence-corrected chi connectivity index (χ0v) is 13.4. The molecule has 1 atom stereocenters. The van der Waals surface area contributed by atoms with E-state index in [1.807, 2.05) is 24.3 Å². The zero-order chi connectivity index (χ0) is 16.6. The number of amides is 3. The first-order valence-electron chi connectivity index (χ1n) is 8.41. The van der Waals surface area contributed by atoms with Crippen molar-refractivity contribution in [2.75, 3.05) is 26.2 Å². The third-order valence-electron chi connectivity index (χ3n) is 4.95. The maximum Gasteiger partial charge on any atom is 0.325 e. The summed E-state index contributed by atoms with van der Waals surface area (Å²) < 4.78 is 11.6. The molecule has 4 rings (SSSR count). The number of fused-ring (bicyclic) bond motifs is 1. The van der Waals surface area contributed by atoms with Crippen LogP contribution in [0.5, 0.6) is 11.5 Å². The van der Waals surface area contributed by atoms with Gasteiger partial charge in [-0.2, -0.15) is 0 Å². The summed E-state index contributed by atoms with van der Waals surface area (Å²) in [6.45, 7) is 2.26. The molecule has 3 aliphatic rings. The molecule has 0 unspecified atom stereocenters. The van der Waals surface area contributed by atoms with E-state index in [0.717, 1.165) is 18.8 Å². The van der Waals surface area contributed by atoms with Crippen molar-refractivity contribution in [3.8, 4) is 11.5 Å². The lowest BCUT2D eigenvalue weighted by molar-refractivity contribution is -0.132. The van der Waals surface area contributed by atoms with Crippen LogP contribution in [-0.4, -0.2) is 54.7 Å². The normalized spacial score (nSPS) is 25.0. The Labute approximate surface area is 140 Å². The number of nitrogens with zero attached hydrogens (tertiary/aromatic N) is 1. The molecule has 3 heterocycles. The Kier molecular flexibility index (Phi) is 3.80. The number of hydrogen-bond acceptors (Lipinski definition) is 5. The van der Waals surface area contributed by atoms with Crippen LogP contribution < -0.4 is 20.1 Å². The molecule has 0 radical (unpaired) electrons. The number of piperidine rings is 1. The van der Waals surface area contributed by atoms with Crippen molar-refractivity contribution < 1.29 is 19.1 Å². The summed E-state index contributed by atoms with van der Waals surface area (Å²) in [6.07, 6.45) is 1.68. The minimum atomic E-state index is -0.709. The Hall–Kier alpha value is -2.28. The molecule has 2 saturated heterocycles. The van der Waals surface area contributed by atoms with Gasteiger partial charge in [-0.05, 0) is 38.1 Å². The second kappa shape index (κ2) is 5.98. The summed E-state index contributed by atoms with van der Waals surface area (Å²) in [5.41, 5.74) is -0.709. The van der Waals surface area contributed by atoms with E-state index in [2.05, 4.69) is 10.6 Å². The molecule has 0 aromatic heterocycles. The smallest absolute Gasteiger partial charge is 0.325 e. The van der Waals surface area contributed by atoms with E-state index >= 15 is 0 Å². The van der Waals surface area contributed by atoms with E-state index in [1.165, 1.54) is 4.90 Å². The van der Waals surface area contributed by atoms with Crippen molar-refractivity contribution in [1.29, 1.82) is 0 Å². The average molecular weight is 331 g/mol. The summed E-state index contributed by atoms with van der Waals surface area (Å²) in [5, 5.41) is 6.12. The molecular formula is C17H21N3O4. The number of benzene rings is 1. The number of ether oxygens (including phenoxy) is 2. The summed E-state index contributed by atoms with van der Waals surface area (Å²) >= 11 is 0. The number of rotatable bonds is 3. The van der Waals surface area contributed by atoms with E-state index in [-0.39, 0.29) is 18.0 Å². The van der Waals surface area contributed by atoms with E-state index < -0.39 is 5.54 Å². The summed E-state index contributed by atoms with van der Waals surface area (Å²) in [4.78, 5) is 26.3. The average Bonchev–Trinajstić information content (AvgIpc) is 2.83. The summed E-state index contributed by atoms with van der Waals surface area (Å²) in [6, 6.07) is 7.22. The fourth-order valence-corrected chi connectivity index (χ4v) is 3.55. The fourth-order valence-electron chi connectivity index (χ4n) is 3.55. The second-order valence-corrected chi connectivity index (χ2v) is 6.51. The molecule has 0 saturated carbocycles. The van der Waals surface area contributed by atoms with Crippen LogP contribution in [0.25, 0.3) is 0 Å². The van der Waals surface area contributed by atoms with Crippen molar-refractivity contribution in [2.24, 2.45) is 0 Å². The molecule has 7 nitrogen and oxygen atoms in total. The van der Waals surface area contributed by atoms with E-state index in [9.17, 15) is 9.59 Å². The first-order valence-corrected chi connectivity index (χ1v) is 8.41. The Balaban J connectivity index is 1.38. The Bertz CT molecular complexity index is 657. The van der Waals surface area contributed by atoms with Crippen LogP contribution in [0, 0.1) is 0 Å². The first kappa shape index (κ1) is 15.3. The van der Waals surface area contributed by atoms with Gasteiger partial charge < -0.3 is 20.1 Å². The third kappa shape index (κ3) is 2.58. The van der Waals surface area contributed by atoms with Crippen LogP contribution in [0.2, 0.25) is 0 Å². The van der Waals surface area contributed by atoms with Crippen LogP contribution in [0.3, 0.4) is 0 Å². The number of imide groups is 1. The van der Waals surface area contributed by atoms with E-state index in [0.29, 0.717) is 38.2 Å². The summed E-state index contributed by atoms with van der Waals surface area (Å²) in [7, 11) is 0. The van der Waals surface area contributed by atoms with Gasteiger partial charge in [-0.3, -0.25) is 9.69 Å². The maximum absolute atomic E-state index is 12.7. The molecule has 1 aromatic rings. The molecule has 0 aliphatic carbocycles. The lowest BCUT2D eigenvalue weighted by Gasteiger charge is -2.31. The largest absolute Gasteiger partial charge is 0.486 e. The standard InChI is InChI=1S/C17H21N3O4/c21-15-17(6-8-18-9-7-17)19-16(22)20(15)10-5-12-11-23-13-3-1-2-4-14(13)24-12/h1-4,12,18H,5-11H2,(H,19,22)/t12-/m0/s1. The highest BCUT2D eigenvalue weighted by Gasteiger charge is 2.51. The first-order chi connectivity index (χ1) is 11.7. The predicted molar refractivity (Wildman–Crippen MR) is 86.0 cm³/mol.